The molecule has 4 heteroatoms. The standard InChI is InChI=1S/C6H7N3O/c1-2-6(10)9-5-3-7-8-4-5/h2-4H,1H2,(H,7,8)(H,9,10). The van der Waals surface area contributed by atoms with Crippen molar-refractivity contribution in [2.75, 3.05) is 5.32 Å². The number of H-pyrrole nitrogens is 1. The van der Waals surface area contributed by atoms with Crippen molar-refractivity contribution in [2.45, 2.75) is 0 Å². The van der Waals surface area contributed by atoms with Gasteiger partial charge in [0.15, 0.2) is 0 Å². The molecule has 1 amide bonds. The van der Waals surface area contributed by atoms with Gasteiger partial charge in [-0.05, 0) is 6.08 Å². The molecule has 0 unspecified atom stereocenters. The first-order chi connectivity index (χ1) is 4.83. The summed E-state index contributed by atoms with van der Waals surface area (Å²) in [5, 5.41) is 8.72. The molecule has 2 N–H and O–H groups in total. The van der Waals surface area contributed by atoms with E-state index in [0.717, 1.165) is 0 Å². The quantitative estimate of drug-likeness (QED) is 0.584. The third-order valence-electron chi connectivity index (χ3n) is 0.951. The Hall–Kier alpha value is -1.58. The second-order valence-corrected chi connectivity index (χ2v) is 1.68. The highest BCUT2D eigenvalue weighted by atomic mass is 16.1. The van der Waals surface area contributed by atoms with E-state index in [-0.39, 0.29) is 5.91 Å². The fourth-order valence-corrected chi connectivity index (χ4v) is 0.513. The molecule has 0 spiro atoms. The zero-order valence-electron chi connectivity index (χ0n) is 5.29. The lowest BCUT2D eigenvalue weighted by atomic mass is 10.5. The van der Waals surface area contributed by atoms with Crippen LogP contribution < -0.4 is 5.32 Å². The smallest absolute Gasteiger partial charge is 0.247 e. The molecule has 0 fully saturated rings. The van der Waals surface area contributed by atoms with Gasteiger partial charge in [-0.15, -0.1) is 0 Å². The molecule has 0 bridgehead atoms. The highest BCUT2D eigenvalue weighted by molar-refractivity contribution is 5.98. The number of aromatic nitrogens is 2. The highest BCUT2D eigenvalue weighted by Gasteiger charge is 1.94. The Morgan fingerprint density at radius 2 is 2.70 bits per heavy atom. The van der Waals surface area contributed by atoms with Crippen molar-refractivity contribution in [2.24, 2.45) is 0 Å². The number of hydrogen-bond acceptors (Lipinski definition) is 2. The van der Waals surface area contributed by atoms with Crippen LogP contribution in [0.5, 0.6) is 0 Å². The lowest BCUT2D eigenvalue weighted by molar-refractivity contribution is -0.111. The van der Waals surface area contributed by atoms with Crippen LogP contribution in [0.2, 0.25) is 0 Å². The summed E-state index contributed by atoms with van der Waals surface area (Å²) in [6.07, 6.45) is 4.30. The third kappa shape index (κ3) is 1.45. The third-order valence-corrected chi connectivity index (χ3v) is 0.951. The summed E-state index contributed by atoms with van der Waals surface area (Å²) in [6.45, 7) is 3.30. The van der Waals surface area contributed by atoms with Crippen LogP contribution >= 0.6 is 0 Å². The van der Waals surface area contributed by atoms with E-state index in [1.807, 2.05) is 0 Å². The van der Waals surface area contributed by atoms with Crippen LogP contribution in [0, 0.1) is 0 Å². The molecule has 4 nitrogen and oxygen atoms in total. The molecule has 0 aliphatic heterocycles. The summed E-state index contributed by atoms with van der Waals surface area (Å²) in [5.74, 6) is -0.235. The summed E-state index contributed by atoms with van der Waals surface area (Å²) in [6, 6.07) is 0. The Labute approximate surface area is 57.9 Å². The average Bonchev–Trinajstić information content (AvgIpc) is 2.40. The molecule has 10 heavy (non-hydrogen) atoms. The summed E-state index contributed by atoms with van der Waals surface area (Å²) < 4.78 is 0. The number of anilines is 1. The largest absolute Gasteiger partial charge is 0.320 e. The fourth-order valence-electron chi connectivity index (χ4n) is 0.513. The number of hydrogen-bond donors (Lipinski definition) is 2. The molecule has 0 aliphatic rings. The monoisotopic (exact) mass is 137 g/mol. The van der Waals surface area contributed by atoms with Crippen molar-refractivity contribution in [1.29, 1.82) is 0 Å². The van der Waals surface area contributed by atoms with Crippen LogP contribution in [0.4, 0.5) is 5.69 Å². The molecule has 1 aromatic rings. The Bertz CT molecular complexity index is 227. The first kappa shape index (κ1) is 6.54. The minimum atomic E-state index is -0.235. The molecule has 0 aromatic carbocycles. The molecule has 1 rings (SSSR count). The van der Waals surface area contributed by atoms with Crippen LogP contribution in [0.15, 0.2) is 25.0 Å². The van der Waals surface area contributed by atoms with Gasteiger partial charge < -0.3 is 5.32 Å². The number of carbonyl (C=O) groups excluding carboxylic acids is 1. The summed E-state index contributed by atoms with van der Waals surface area (Å²) in [7, 11) is 0. The van der Waals surface area contributed by atoms with Gasteiger partial charge in [-0.1, -0.05) is 6.58 Å². The highest BCUT2D eigenvalue weighted by Crippen LogP contribution is 1.99. The van der Waals surface area contributed by atoms with Gasteiger partial charge in [0.25, 0.3) is 0 Å². The van der Waals surface area contributed by atoms with Gasteiger partial charge in [0.2, 0.25) is 5.91 Å². The minimum absolute atomic E-state index is 0.235. The van der Waals surface area contributed by atoms with Crippen LogP contribution in [-0.4, -0.2) is 16.1 Å². The van der Waals surface area contributed by atoms with Gasteiger partial charge in [0.05, 0.1) is 11.9 Å². The maximum absolute atomic E-state index is 10.6. The predicted molar refractivity (Wildman–Crippen MR) is 37.4 cm³/mol. The molecule has 52 valence electrons. The first-order valence-electron chi connectivity index (χ1n) is 2.75. The lowest BCUT2D eigenvalue weighted by Gasteiger charge is -1.92. The minimum Gasteiger partial charge on any atom is -0.320 e. The Morgan fingerprint density at radius 1 is 1.90 bits per heavy atom. The van der Waals surface area contributed by atoms with E-state index in [0.29, 0.717) is 5.69 Å². The number of carbonyl (C=O) groups is 1. The molecule has 1 aromatic heterocycles. The summed E-state index contributed by atoms with van der Waals surface area (Å²) >= 11 is 0. The van der Waals surface area contributed by atoms with Crippen LogP contribution in [0.3, 0.4) is 0 Å². The Morgan fingerprint density at radius 3 is 3.20 bits per heavy atom. The van der Waals surface area contributed by atoms with Gasteiger partial charge in [0, 0.05) is 6.20 Å². The van der Waals surface area contributed by atoms with Crippen molar-refractivity contribution in [3.8, 4) is 0 Å². The van der Waals surface area contributed by atoms with Crippen LogP contribution in [-0.2, 0) is 4.79 Å². The summed E-state index contributed by atoms with van der Waals surface area (Å²) in [4.78, 5) is 10.6. The maximum Gasteiger partial charge on any atom is 0.247 e. The van der Waals surface area contributed by atoms with Crippen LogP contribution in [0.25, 0.3) is 0 Å². The van der Waals surface area contributed by atoms with Gasteiger partial charge in [-0.2, -0.15) is 5.10 Å². The van der Waals surface area contributed by atoms with Gasteiger partial charge in [0.1, 0.15) is 0 Å². The normalized spacial score (nSPS) is 8.80. The second kappa shape index (κ2) is 2.82. The number of nitrogens with zero attached hydrogens (tertiary/aromatic N) is 1. The van der Waals surface area contributed by atoms with E-state index in [9.17, 15) is 4.79 Å². The van der Waals surface area contributed by atoms with Crippen molar-refractivity contribution in [3.05, 3.63) is 25.0 Å². The molecule has 0 radical (unpaired) electrons. The second-order valence-electron chi connectivity index (χ2n) is 1.68. The van der Waals surface area contributed by atoms with E-state index in [1.54, 1.807) is 6.20 Å². The molecular weight excluding hydrogens is 130 g/mol. The van der Waals surface area contributed by atoms with Crippen molar-refractivity contribution in [1.82, 2.24) is 10.2 Å². The van der Waals surface area contributed by atoms with E-state index in [1.165, 1.54) is 12.3 Å². The van der Waals surface area contributed by atoms with Crippen molar-refractivity contribution in [3.63, 3.8) is 0 Å². The van der Waals surface area contributed by atoms with E-state index in [4.69, 9.17) is 0 Å². The molecule has 0 atom stereocenters. The molecule has 0 aliphatic carbocycles. The SMILES string of the molecule is C=CC(=O)Nc1cn[nH]c1. The summed E-state index contributed by atoms with van der Waals surface area (Å²) in [5.41, 5.74) is 0.643. The maximum atomic E-state index is 10.6. The zero-order chi connectivity index (χ0) is 7.40. The van der Waals surface area contributed by atoms with Crippen molar-refractivity contribution < 1.29 is 4.79 Å². The van der Waals surface area contributed by atoms with E-state index >= 15 is 0 Å². The molecule has 1 heterocycles. The molecule has 0 saturated carbocycles. The number of aromatic amines is 1. The van der Waals surface area contributed by atoms with Gasteiger partial charge >= 0.3 is 0 Å². The van der Waals surface area contributed by atoms with Gasteiger partial charge in [-0.3, -0.25) is 9.89 Å². The van der Waals surface area contributed by atoms with E-state index < -0.39 is 0 Å². The number of amides is 1. The Balaban J connectivity index is 2.56. The lowest BCUT2D eigenvalue weighted by Crippen LogP contribution is -2.05. The first-order valence-corrected chi connectivity index (χ1v) is 2.75. The topological polar surface area (TPSA) is 57.8 Å². The van der Waals surface area contributed by atoms with Crippen molar-refractivity contribution >= 4 is 11.6 Å². The van der Waals surface area contributed by atoms with Crippen LogP contribution in [0.1, 0.15) is 0 Å². The molecule has 0 saturated heterocycles. The predicted octanol–water partition coefficient (Wildman–Crippen LogP) is 0.534. The fraction of sp³-hybridized carbons (Fsp3) is 0. The average molecular weight is 137 g/mol. The Kier molecular flexibility index (Phi) is 1.84. The molecular formula is C6H7N3O. The number of rotatable bonds is 2. The zero-order valence-corrected chi connectivity index (χ0v) is 5.29. The van der Waals surface area contributed by atoms with Gasteiger partial charge in [-0.25, -0.2) is 0 Å². The van der Waals surface area contributed by atoms with E-state index in [2.05, 4.69) is 22.1 Å². The number of nitrogens with one attached hydrogen (secondary N) is 2.